The summed E-state index contributed by atoms with van der Waals surface area (Å²) in [6, 6.07) is 7.72. The molecule has 0 saturated heterocycles. The van der Waals surface area contributed by atoms with Gasteiger partial charge in [-0.2, -0.15) is 0 Å². The molecule has 2 nitrogen and oxygen atoms in total. The van der Waals surface area contributed by atoms with Gasteiger partial charge in [-0.3, -0.25) is 4.98 Å². The number of thiophene rings is 1. The van der Waals surface area contributed by atoms with Crippen LogP contribution in [0.25, 0.3) is 0 Å². The van der Waals surface area contributed by atoms with E-state index in [2.05, 4.69) is 4.98 Å². The van der Waals surface area contributed by atoms with Crippen molar-refractivity contribution in [2.24, 2.45) is 0 Å². The molecule has 0 radical (unpaired) electrons. The topological polar surface area (TPSA) is 33.1 Å². The second-order valence-electron chi connectivity index (χ2n) is 4.14. The Morgan fingerprint density at radius 3 is 2.71 bits per heavy atom. The average Bonchev–Trinajstić information content (AvgIpc) is 2.62. The van der Waals surface area contributed by atoms with Crippen LogP contribution < -0.4 is 0 Å². The van der Waals surface area contributed by atoms with Crippen LogP contribution in [0.4, 0.5) is 0 Å². The number of aryl methyl sites for hydroxylation is 2. The first-order valence-electron chi connectivity index (χ1n) is 5.42. The molecule has 2 aromatic rings. The SMILES string of the molecule is Cc1cc(C)nc(C(O)Cc2ccc(Cl)s2)c1. The smallest absolute Gasteiger partial charge is 0.101 e. The third-order valence-corrected chi connectivity index (χ3v) is 3.74. The van der Waals surface area contributed by atoms with Gasteiger partial charge in [-0.1, -0.05) is 11.6 Å². The molecular weight excluding hydrogens is 254 g/mol. The lowest BCUT2D eigenvalue weighted by Crippen LogP contribution is -2.04. The minimum Gasteiger partial charge on any atom is -0.386 e. The molecule has 2 rings (SSSR count). The van der Waals surface area contributed by atoms with Crippen LogP contribution in [-0.2, 0) is 6.42 Å². The molecule has 0 fully saturated rings. The van der Waals surface area contributed by atoms with Gasteiger partial charge in [0.1, 0.15) is 6.10 Å². The van der Waals surface area contributed by atoms with Crippen LogP contribution in [0.5, 0.6) is 0 Å². The molecule has 17 heavy (non-hydrogen) atoms. The van der Waals surface area contributed by atoms with Crippen LogP contribution >= 0.6 is 22.9 Å². The molecule has 0 aliphatic carbocycles. The fourth-order valence-corrected chi connectivity index (χ4v) is 2.92. The molecule has 0 spiro atoms. The zero-order valence-corrected chi connectivity index (χ0v) is 11.3. The van der Waals surface area contributed by atoms with Crippen LogP contribution in [0.2, 0.25) is 4.34 Å². The first-order valence-corrected chi connectivity index (χ1v) is 6.61. The van der Waals surface area contributed by atoms with Crippen LogP contribution in [0.1, 0.15) is 27.9 Å². The number of aliphatic hydroxyl groups is 1. The Kier molecular flexibility index (Phi) is 3.82. The van der Waals surface area contributed by atoms with Gasteiger partial charge in [-0.15, -0.1) is 11.3 Å². The van der Waals surface area contributed by atoms with E-state index in [1.54, 1.807) is 0 Å². The summed E-state index contributed by atoms with van der Waals surface area (Å²) in [5.74, 6) is 0. The van der Waals surface area contributed by atoms with Crippen molar-refractivity contribution < 1.29 is 5.11 Å². The Morgan fingerprint density at radius 1 is 1.35 bits per heavy atom. The van der Waals surface area contributed by atoms with Crippen molar-refractivity contribution in [2.45, 2.75) is 26.4 Å². The number of hydrogen-bond acceptors (Lipinski definition) is 3. The summed E-state index contributed by atoms with van der Waals surface area (Å²) in [4.78, 5) is 5.43. The molecule has 1 N–H and O–H groups in total. The third kappa shape index (κ3) is 3.28. The van der Waals surface area contributed by atoms with Crippen molar-refractivity contribution in [3.8, 4) is 0 Å². The largest absolute Gasteiger partial charge is 0.386 e. The Morgan fingerprint density at radius 2 is 2.12 bits per heavy atom. The number of halogens is 1. The highest BCUT2D eigenvalue weighted by Gasteiger charge is 2.12. The van der Waals surface area contributed by atoms with Crippen molar-refractivity contribution in [3.63, 3.8) is 0 Å². The molecule has 4 heteroatoms. The monoisotopic (exact) mass is 267 g/mol. The van der Waals surface area contributed by atoms with E-state index in [-0.39, 0.29) is 0 Å². The van der Waals surface area contributed by atoms with E-state index in [0.29, 0.717) is 6.42 Å². The summed E-state index contributed by atoms with van der Waals surface area (Å²) in [7, 11) is 0. The lowest BCUT2D eigenvalue weighted by atomic mass is 10.1. The van der Waals surface area contributed by atoms with Crippen LogP contribution in [0, 0.1) is 13.8 Å². The molecule has 2 aromatic heterocycles. The molecule has 0 amide bonds. The third-order valence-electron chi connectivity index (χ3n) is 2.48. The lowest BCUT2D eigenvalue weighted by Gasteiger charge is -2.10. The maximum Gasteiger partial charge on any atom is 0.101 e. The number of nitrogens with zero attached hydrogens (tertiary/aromatic N) is 1. The van der Waals surface area contributed by atoms with Crippen molar-refractivity contribution in [1.29, 1.82) is 0 Å². The van der Waals surface area contributed by atoms with Crippen molar-refractivity contribution >= 4 is 22.9 Å². The summed E-state index contributed by atoms with van der Waals surface area (Å²) in [5, 5.41) is 10.1. The Balaban J connectivity index is 2.16. The molecule has 0 aliphatic rings. The normalized spacial score (nSPS) is 12.7. The van der Waals surface area contributed by atoms with Gasteiger partial charge in [0.2, 0.25) is 0 Å². The van der Waals surface area contributed by atoms with Gasteiger partial charge >= 0.3 is 0 Å². The molecule has 90 valence electrons. The van der Waals surface area contributed by atoms with E-state index in [1.807, 2.05) is 38.1 Å². The van der Waals surface area contributed by atoms with E-state index in [1.165, 1.54) is 11.3 Å². The minimum atomic E-state index is -0.566. The number of aromatic nitrogens is 1. The van der Waals surface area contributed by atoms with Crippen LogP contribution in [-0.4, -0.2) is 10.1 Å². The van der Waals surface area contributed by atoms with Crippen molar-refractivity contribution in [3.05, 3.63) is 50.4 Å². The highest BCUT2D eigenvalue weighted by atomic mass is 35.5. The zero-order valence-electron chi connectivity index (χ0n) is 9.77. The van der Waals surface area contributed by atoms with Gasteiger partial charge in [0, 0.05) is 17.0 Å². The molecule has 0 saturated carbocycles. The van der Waals surface area contributed by atoms with E-state index in [0.717, 1.165) is 26.2 Å². The van der Waals surface area contributed by atoms with Crippen molar-refractivity contribution in [2.75, 3.05) is 0 Å². The minimum absolute atomic E-state index is 0.563. The molecular formula is C13H14ClNOS. The van der Waals surface area contributed by atoms with Crippen LogP contribution in [0.3, 0.4) is 0 Å². The summed E-state index contributed by atoms with van der Waals surface area (Å²) in [5.41, 5.74) is 2.78. The fraction of sp³-hybridized carbons (Fsp3) is 0.308. The molecule has 1 atom stereocenters. The number of pyridine rings is 1. The van der Waals surface area contributed by atoms with Gasteiger partial charge in [-0.05, 0) is 43.7 Å². The van der Waals surface area contributed by atoms with Crippen LogP contribution in [0.15, 0.2) is 24.3 Å². The number of hydrogen-bond donors (Lipinski definition) is 1. The highest BCUT2D eigenvalue weighted by Crippen LogP contribution is 2.26. The highest BCUT2D eigenvalue weighted by molar-refractivity contribution is 7.16. The standard InChI is InChI=1S/C13H14ClNOS/c1-8-5-9(2)15-11(6-8)12(16)7-10-3-4-13(14)17-10/h3-6,12,16H,7H2,1-2H3. The van der Waals surface area contributed by atoms with E-state index >= 15 is 0 Å². The molecule has 0 aromatic carbocycles. The molecule has 2 heterocycles. The Hall–Kier alpha value is -0.900. The first kappa shape index (κ1) is 12.6. The van der Waals surface area contributed by atoms with E-state index < -0.39 is 6.10 Å². The predicted octanol–water partition coefficient (Wildman–Crippen LogP) is 3.69. The number of rotatable bonds is 3. The first-order chi connectivity index (χ1) is 8.04. The lowest BCUT2D eigenvalue weighted by molar-refractivity contribution is 0.174. The number of aliphatic hydroxyl groups excluding tert-OH is 1. The predicted molar refractivity (Wildman–Crippen MR) is 71.7 cm³/mol. The van der Waals surface area contributed by atoms with Gasteiger partial charge in [0.05, 0.1) is 10.0 Å². The van der Waals surface area contributed by atoms with Crippen molar-refractivity contribution in [1.82, 2.24) is 4.98 Å². The molecule has 0 aliphatic heterocycles. The van der Waals surface area contributed by atoms with Gasteiger partial charge < -0.3 is 5.11 Å². The quantitative estimate of drug-likeness (QED) is 0.920. The zero-order chi connectivity index (χ0) is 12.4. The van der Waals surface area contributed by atoms with Gasteiger partial charge in [0.15, 0.2) is 0 Å². The second kappa shape index (κ2) is 5.17. The summed E-state index contributed by atoms with van der Waals surface area (Å²) in [6.45, 7) is 3.94. The second-order valence-corrected chi connectivity index (χ2v) is 5.94. The summed E-state index contributed by atoms with van der Waals surface area (Å²) >= 11 is 7.36. The summed E-state index contributed by atoms with van der Waals surface area (Å²) < 4.78 is 0.751. The fourth-order valence-electron chi connectivity index (χ4n) is 1.80. The summed E-state index contributed by atoms with van der Waals surface area (Å²) in [6.07, 6.45) is -0.00360. The van der Waals surface area contributed by atoms with E-state index in [4.69, 9.17) is 11.6 Å². The Labute approximate surface area is 110 Å². The van der Waals surface area contributed by atoms with E-state index in [9.17, 15) is 5.11 Å². The van der Waals surface area contributed by atoms with Gasteiger partial charge in [-0.25, -0.2) is 0 Å². The van der Waals surface area contributed by atoms with Gasteiger partial charge in [0.25, 0.3) is 0 Å². The molecule has 1 unspecified atom stereocenters. The maximum atomic E-state index is 10.1. The maximum absolute atomic E-state index is 10.1. The Bertz CT molecular complexity index is 504. The average molecular weight is 268 g/mol. The molecule has 0 bridgehead atoms.